The van der Waals surface area contributed by atoms with Crippen molar-refractivity contribution in [2.24, 2.45) is 10.7 Å². The first kappa shape index (κ1) is 20.7. The molecule has 0 saturated carbocycles. The zero-order valence-corrected chi connectivity index (χ0v) is 15.1. The van der Waals surface area contributed by atoms with Gasteiger partial charge in [-0.15, -0.1) is 11.6 Å². The number of pyridine rings is 1. The summed E-state index contributed by atoms with van der Waals surface area (Å²) in [4.78, 5) is 8.92. The van der Waals surface area contributed by atoms with Crippen LogP contribution in [0.15, 0.2) is 64.9 Å². The minimum absolute atomic E-state index is 0.0285. The standard InChI is InChI=1S/C11H11BrN2.C4H9BFNS/c1-3-6-9(13-2)11(12)10-7-4-5-8-14-10;1-4(3-7)8-5(2)6/h3-8,11H,1-2H2;3H,7H2,1-2H3/b9-6-;. The lowest BCUT2D eigenvalue weighted by Gasteiger charge is -2.08. The number of aromatic nitrogens is 1. The van der Waals surface area contributed by atoms with Crippen molar-refractivity contribution in [1.29, 1.82) is 0 Å². The minimum Gasteiger partial charge on any atom is -0.404 e. The van der Waals surface area contributed by atoms with Crippen molar-refractivity contribution < 1.29 is 4.32 Å². The summed E-state index contributed by atoms with van der Waals surface area (Å²) in [5.41, 5.74) is 6.79. The van der Waals surface area contributed by atoms with Gasteiger partial charge in [-0.3, -0.25) is 9.98 Å². The fourth-order valence-electron chi connectivity index (χ4n) is 1.31. The van der Waals surface area contributed by atoms with E-state index < -0.39 is 6.27 Å². The largest absolute Gasteiger partial charge is 0.413 e. The van der Waals surface area contributed by atoms with E-state index in [4.69, 9.17) is 5.73 Å². The van der Waals surface area contributed by atoms with Crippen LogP contribution in [-0.4, -0.2) is 18.0 Å². The molecule has 1 aromatic heterocycles. The van der Waals surface area contributed by atoms with Gasteiger partial charge in [0, 0.05) is 12.4 Å². The Bertz CT molecular complexity index is 521. The van der Waals surface area contributed by atoms with E-state index in [1.165, 1.54) is 13.0 Å². The third kappa shape index (κ3) is 8.84. The SMILES string of the molecule is C=C/C=C(\N=C)C(Br)c1ccccn1.CB(F)SC(C)=CN. The summed E-state index contributed by atoms with van der Waals surface area (Å²) >= 11 is 4.63. The molecule has 0 bridgehead atoms. The molecule has 7 heteroatoms. The van der Waals surface area contributed by atoms with Crippen LogP contribution in [0.5, 0.6) is 0 Å². The molecular weight excluding hydrogens is 364 g/mol. The van der Waals surface area contributed by atoms with E-state index in [2.05, 4.69) is 39.2 Å². The van der Waals surface area contributed by atoms with Gasteiger partial charge in [-0.05, 0) is 43.6 Å². The van der Waals surface area contributed by atoms with Crippen LogP contribution in [0.1, 0.15) is 17.4 Å². The van der Waals surface area contributed by atoms with Gasteiger partial charge in [0.25, 0.3) is 0 Å². The molecule has 1 atom stereocenters. The second-order valence-electron chi connectivity index (χ2n) is 4.04. The molecule has 0 aliphatic heterocycles. The van der Waals surface area contributed by atoms with Crippen molar-refractivity contribution in [3.8, 4) is 0 Å². The van der Waals surface area contributed by atoms with Crippen molar-refractivity contribution >= 4 is 40.5 Å². The molecule has 1 unspecified atom stereocenters. The minimum atomic E-state index is -0.852. The summed E-state index contributed by atoms with van der Waals surface area (Å²) in [6.07, 6.45) is 5.79. The van der Waals surface area contributed by atoms with Crippen LogP contribution < -0.4 is 5.73 Å². The molecule has 1 heterocycles. The van der Waals surface area contributed by atoms with Crippen LogP contribution in [0.2, 0.25) is 6.82 Å². The summed E-state index contributed by atoms with van der Waals surface area (Å²) in [5.74, 6) is 0. The molecule has 0 spiro atoms. The number of hydrogen-bond donors (Lipinski definition) is 1. The summed E-state index contributed by atoms with van der Waals surface area (Å²) in [7, 11) is 0. The van der Waals surface area contributed by atoms with Gasteiger partial charge >= 0.3 is 6.27 Å². The van der Waals surface area contributed by atoms with E-state index in [1.807, 2.05) is 18.2 Å². The Morgan fingerprint density at radius 1 is 1.59 bits per heavy atom. The molecule has 0 saturated heterocycles. The molecule has 0 radical (unpaired) electrons. The molecule has 0 fully saturated rings. The van der Waals surface area contributed by atoms with Gasteiger partial charge in [0.05, 0.1) is 16.2 Å². The zero-order valence-electron chi connectivity index (χ0n) is 12.7. The third-order valence-electron chi connectivity index (χ3n) is 2.26. The molecule has 22 heavy (non-hydrogen) atoms. The summed E-state index contributed by atoms with van der Waals surface area (Å²) in [5, 5.41) is 0. The van der Waals surface area contributed by atoms with Gasteiger partial charge < -0.3 is 10.0 Å². The van der Waals surface area contributed by atoms with E-state index >= 15 is 0 Å². The Labute approximate surface area is 144 Å². The van der Waals surface area contributed by atoms with Gasteiger partial charge in [-0.1, -0.05) is 34.7 Å². The average molecular weight is 384 g/mol. The second kappa shape index (κ2) is 12.2. The molecule has 1 aromatic rings. The lowest BCUT2D eigenvalue weighted by atomic mass is 10.1. The molecule has 118 valence electrons. The van der Waals surface area contributed by atoms with Gasteiger partial charge in [-0.2, -0.15) is 0 Å². The number of nitrogens with zero attached hydrogens (tertiary/aromatic N) is 2. The normalized spacial score (nSPS) is 12.7. The maximum Gasteiger partial charge on any atom is 0.413 e. The maximum atomic E-state index is 12.0. The predicted octanol–water partition coefficient (Wildman–Crippen LogP) is 4.92. The Morgan fingerprint density at radius 3 is 2.64 bits per heavy atom. The van der Waals surface area contributed by atoms with Crippen LogP contribution in [0.25, 0.3) is 0 Å². The molecule has 0 aliphatic carbocycles. The van der Waals surface area contributed by atoms with Crippen LogP contribution in [0, 0.1) is 0 Å². The van der Waals surface area contributed by atoms with E-state index in [0.717, 1.165) is 27.9 Å². The molecule has 0 aromatic carbocycles. The number of hydrogen-bond acceptors (Lipinski definition) is 4. The topological polar surface area (TPSA) is 51.3 Å². The van der Waals surface area contributed by atoms with Crippen molar-refractivity contribution in [2.75, 3.05) is 0 Å². The fourth-order valence-corrected chi connectivity index (χ4v) is 2.47. The molecular formula is C15H20BBrFN3S. The van der Waals surface area contributed by atoms with Crippen LogP contribution in [0.3, 0.4) is 0 Å². The molecule has 0 amide bonds. The highest BCUT2D eigenvalue weighted by Gasteiger charge is 2.11. The maximum absolute atomic E-state index is 12.0. The van der Waals surface area contributed by atoms with E-state index in [1.54, 1.807) is 25.3 Å². The van der Waals surface area contributed by atoms with E-state index in [-0.39, 0.29) is 4.83 Å². The highest BCUT2D eigenvalue weighted by molar-refractivity contribution is 9.09. The lowest BCUT2D eigenvalue weighted by molar-refractivity contribution is 0.869. The first-order chi connectivity index (χ1) is 10.5. The summed E-state index contributed by atoms with van der Waals surface area (Å²) < 4.78 is 12.0. The number of alkyl halides is 1. The van der Waals surface area contributed by atoms with Crippen molar-refractivity contribution in [3.63, 3.8) is 0 Å². The Balaban J connectivity index is 0.000000472. The van der Waals surface area contributed by atoms with Gasteiger partial charge in [0.2, 0.25) is 0 Å². The number of nitrogens with two attached hydrogens (primary N) is 1. The van der Waals surface area contributed by atoms with E-state index in [9.17, 15) is 4.32 Å². The first-order valence-electron chi connectivity index (χ1n) is 6.49. The quantitative estimate of drug-likeness (QED) is 0.328. The van der Waals surface area contributed by atoms with Crippen LogP contribution in [0.4, 0.5) is 4.32 Å². The molecule has 0 aliphatic rings. The van der Waals surface area contributed by atoms with Crippen molar-refractivity contribution in [3.05, 3.63) is 65.6 Å². The number of halogens is 2. The fraction of sp³-hybridized carbons (Fsp3) is 0.200. The van der Waals surface area contributed by atoms with Crippen molar-refractivity contribution in [1.82, 2.24) is 4.98 Å². The van der Waals surface area contributed by atoms with Gasteiger partial charge in [0.15, 0.2) is 0 Å². The van der Waals surface area contributed by atoms with Gasteiger partial charge in [-0.25, -0.2) is 0 Å². The first-order valence-corrected chi connectivity index (χ1v) is 8.29. The Hall–Kier alpha value is -1.34. The Morgan fingerprint density at radius 2 is 2.27 bits per heavy atom. The predicted molar refractivity (Wildman–Crippen MR) is 102 cm³/mol. The molecule has 3 nitrogen and oxygen atoms in total. The molecule has 1 rings (SSSR count). The average Bonchev–Trinajstić information content (AvgIpc) is 2.52. The monoisotopic (exact) mass is 383 g/mol. The highest BCUT2D eigenvalue weighted by atomic mass is 79.9. The van der Waals surface area contributed by atoms with Crippen LogP contribution in [-0.2, 0) is 0 Å². The zero-order chi connectivity index (χ0) is 17.0. The molecule has 2 N–H and O–H groups in total. The summed E-state index contributed by atoms with van der Waals surface area (Å²) in [6.45, 7) is 10.4. The number of rotatable bonds is 6. The highest BCUT2D eigenvalue weighted by Crippen LogP contribution is 2.29. The summed E-state index contributed by atoms with van der Waals surface area (Å²) in [6, 6.07) is 5.74. The number of aliphatic imine (C=N–C) groups is 1. The Kier molecular flexibility index (Phi) is 11.5. The third-order valence-corrected chi connectivity index (χ3v) is 4.03. The van der Waals surface area contributed by atoms with E-state index in [0.29, 0.717) is 0 Å². The second-order valence-corrected chi connectivity index (χ2v) is 6.49. The smallest absolute Gasteiger partial charge is 0.404 e. The van der Waals surface area contributed by atoms with Crippen LogP contribution >= 0.6 is 27.5 Å². The van der Waals surface area contributed by atoms with Gasteiger partial charge in [0.1, 0.15) is 0 Å². The number of allylic oxidation sites excluding steroid dienone is 4. The van der Waals surface area contributed by atoms with Crippen molar-refractivity contribution in [2.45, 2.75) is 18.6 Å². The lowest BCUT2D eigenvalue weighted by Crippen LogP contribution is -1.95.